The lowest BCUT2D eigenvalue weighted by Crippen LogP contribution is -2.45. The van der Waals surface area contributed by atoms with Gasteiger partial charge >= 0.3 is 12.4 Å². The van der Waals surface area contributed by atoms with Crippen LogP contribution in [-0.4, -0.2) is 43.9 Å². The molecule has 2 aromatic carbocycles. The van der Waals surface area contributed by atoms with Crippen LogP contribution in [0, 0.1) is 0 Å². The highest BCUT2D eigenvalue weighted by Gasteiger charge is 2.50. The number of anilines is 2. The lowest BCUT2D eigenvalue weighted by atomic mass is 10.0. The topological polar surface area (TPSA) is 141 Å². The van der Waals surface area contributed by atoms with Gasteiger partial charge in [0.2, 0.25) is 5.91 Å². The molecule has 0 aliphatic carbocycles. The molecule has 6 N–H and O–H groups in total. The molecule has 2 aromatic heterocycles. The Morgan fingerprint density at radius 1 is 1.07 bits per heavy atom. The van der Waals surface area contributed by atoms with Crippen LogP contribution < -0.4 is 21.5 Å². The van der Waals surface area contributed by atoms with Crippen molar-refractivity contribution in [3.8, 4) is 11.5 Å². The average molecular weight is 692 g/mol. The molecule has 9 nitrogen and oxygen atoms in total. The molecule has 4 aromatic rings. The number of aliphatic hydroxyl groups is 1. The summed E-state index contributed by atoms with van der Waals surface area (Å²) in [6, 6.07) is 11.3. The van der Waals surface area contributed by atoms with Gasteiger partial charge in [-0.05, 0) is 49.4 Å². The first-order valence-corrected chi connectivity index (χ1v) is 12.4. The molecule has 0 spiro atoms. The second-order valence-corrected chi connectivity index (χ2v) is 9.47. The number of alkyl halides is 6. The molecule has 18 heteroatoms. The van der Waals surface area contributed by atoms with E-state index in [1.807, 2.05) is 16.8 Å². The smallest absolute Gasteiger partial charge is 0.417 e. The molecule has 242 valence electrons. The summed E-state index contributed by atoms with van der Waals surface area (Å²) >= 11 is 6.31. The van der Waals surface area contributed by atoms with Crippen LogP contribution in [0.25, 0.3) is 11.0 Å². The van der Waals surface area contributed by atoms with Gasteiger partial charge in [-0.2, -0.15) is 26.3 Å². The summed E-state index contributed by atoms with van der Waals surface area (Å²) in [6.07, 6.45) is -7.06. The number of aromatic nitrogens is 3. The van der Waals surface area contributed by atoms with Gasteiger partial charge in [0, 0.05) is 25.0 Å². The molecule has 4 rings (SSSR count). The van der Waals surface area contributed by atoms with E-state index in [4.69, 9.17) is 27.2 Å². The third kappa shape index (κ3) is 10.0. The van der Waals surface area contributed by atoms with Crippen molar-refractivity contribution in [3.63, 3.8) is 0 Å². The van der Waals surface area contributed by atoms with E-state index in [0.29, 0.717) is 31.5 Å². The molecule has 0 fully saturated rings. The minimum Gasteiger partial charge on any atom is -0.456 e. The number of hydrogen-bond donors (Lipinski definition) is 4. The highest BCUT2D eigenvalue weighted by Crippen LogP contribution is 2.36. The van der Waals surface area contributed by atoms with Crippen molar-refractivity contribution in [2.45, 2.75) is 37.8 Å². The van der Waals surface area contributed by atoms with E-state index < -0.39 is 35.8 Å². The number of carbonyl (C=O) groups is 1. The predicted molar refractivity (Wildman–Crippen MR) is 158 cm³/mol. The lowest BCUT2D eigenvalue weighted by Gasteiger charge is -2.24. The molecular formula is C26H27Cl3F6N6O3. The number of nitrogens with zero attached hydrogens (tertiary/aromatic N) is 3. The number of carbonyl (C=O) groups excluding carboxylic acids is 1. The number of hydrogen-bond acceptors (Lipinski definition) is 7. The Hall–Kier alpha value is -3.50. The van der Waals surface area contributed by atoms with E-state index in [0.717, 1.165) is 23.2 Å². The molecule has 2 heterocycles. The molecule has 1 unspecified atom stereocenters. The highest BCUT2D eigenvalue weighted by molar-refractivity contribution is 6.32. The van der Waals surface area contributed by atoms with Gasteiger partial charge in [0.1, 0.15) is 23.3 Å². The number of nitrogens with one attached hydrogen (secondary N) is 1. The number of primary amides is 1. The van der Waals surface area contributed by atoms with E-state index in [-0.39, 0.29) is 41.3 Å². The molecular weight excluding hydrogens is 665 g/mol. The van der Waals surface area contributed by atoms with Crippen molar-refractivity contribution < 1.29 is 41.0 Å². The zero-order valence-electron chi connectivity index (χ0n) is 22.6. The van der Waals surface area contributed by atoms with Crippen LogP contribution in [-0.2, 0) is 17.5 Å². The maximum absolute atomic E-state index is 12.9. The summed E-state index contributed by atoms with van der Waals surface area (Å²) in [6.45, 7) is 1.57. The Bertz CT molecular complexity index is 1550. The van der Waals surface area contributed by atoms with E-state index in [9.17, 15) is 31.1 Å². The lowest BCUT2D eigenvalue weighted by molar-refractivity contribution is -0.253. The van der Waals surface area contributed by atoms with Crippen LogP contribution in [0.15, 0.2) is 61.1 Å². The Labute approximate surface area is 264 Å². The van der Waals surface area contributed by atoms with Crippen LogP contribution in [0.3, 0.4) is 0 Å². The third-order valence-electron chi connectivity index (χ3n) is 5.63. The second kappa shape index (κ2) is 15.5. The molecule has 0 aliphatic rings. The van der Waals surface area contributed by atoms with Crippen molar-refractivity contribution in [2.75, 3.05) is 11.9 Å². The first-order valence-electron chi connectivity index (χ1n) is 12.0. The van der Waals surface area contributed by atoms with E-state index in [1.54, 1.807) is 18.2 Å². The quantitative estimate of drug-likeness (QED) is 0.152. The molecule has 0 bridgehead atoms. The third-order valence-corrected chi connectivity index (χ3v) is 5.93. The second-order valence-electron chi connectivity index (χ2n) is 9.07. The first-order chi connectivity index (χ1) is 19.5. The minimum absolute atomic E-state index is 0. The molecule has 0 radical (unpaired) electrons. The molecule has 0 saturated heterocycles. The Balaban J connectivity index is 0.000000642. The van der Waals surface area contributed by atoms with E-state index >= 15 is 0 Å². The molecule has 1 atom stereocenters. The fourth-order valence-corrected chi connectivity index (χ4v) is 3.77. The SMILES string of the molecule is CC(O)(CC(N)=O)C(F)(F)F.Cl.Cl.NCCn1ccc2ncnc(Nc3ccc(Oc4cccc(C(F)(F)F)c4)c(Cl)c3)c21. The summed E-state index contributed by atoms with van der Waals surface area (Å²) in [5, 5.41) is 12.0. The van der Waals surface area contributed by atoms with Crippen LogP contribution in [0.4, 0.5) is 37.8 Å². The molecule has 44 heavy (non-hydrogen) atoms. The molecule has 0 aliphatic heterocycles. The minimum atomic E-state index is -4.82. The van der Waals surface area contributed by atoms with Gasteiger partial charge in [-0.25, -0.2) is 9.97 Å². The molecule has 0 saturated carbocycles. The zero-order valence-corrected chi connectivity index (χ0v) is 25.0. The Kier molecular flexibility index (Phi) is 13.6. The van der Waals surface area contributed by atoms with Gasteiger partial charge in [-0.15, -0.1) is 24.8 Å². The summed E-state index contributed by atoms with van der Waals surface area (Å²) in [4.78, 5) is 18.6. The van der Waals surface area contributed by atoms with Gasteiger partial charge in [-0.1, -0.05) is 17.7 Å². The van der Waals surface area contributed by atoms with Crippen molar-refractivity contribution in [3.05, 3.63) is 71.6 Å². The number of benzene rings is 2. The van der Waals surface area contributed by atoms with Gasteiger partial charge < -0.3 is 31.2 Å². The Morgan fingerprint density at radius 2 is 1.75 bits per heavy atom. The van der Waals surface area contributed by atoms with Crippen LogP contribution in [0.1, 0.15) is 18.9 Å². The van der Waals surface area contributed by atoms with Crippen LogP contribution >= 0.6 is 36.4 Å². The summed E-state index contributed by atoms with van der Waals surface area (Å²) in [5.41, 5.74) is 8.52. The average Bonchev–Trinajstić information content (AvgIpc) is 3.28. The van der Waals surface area contributed by atoms with Gasteiger partial charge in [0.25, 0.3) is 0 Å². The van der Waals surface area contributed by atoms with Crippen LogP contribution in [0.5, 0.6) is 11.5 Å². The number of ether oxygens (including phenoxy) is 1. The van der Waals surface area contributed by atoms with Crippen LogP contribution in [0.2, 0.25) is 5.02 Å². The number of rotatable bonds is 8. The normalized spacial score (nSPS) is 12.6. The van der Waals surface area contributed by atoms with Gasteiger partial charge in [0.15, 0.2) is 11.4 Å². The van der Waals surface area contributed by atoms with Gasteiger partial charge in [-0.3, -0.25) is 4.79 Å². The Morgan fingerprint density at radius 3 is 2.30 bits per heavy atom. The van der Waals surface area contributed by atoms with Gasteiger partial charge in [0.05, 0.1) is 22.5 Å². The van der Waals surface area contributed by atoms with E-state index in [1.165, 1.54) is 18.5 Å². The fraction of sp³-hybridized carbons (Fsp3) is 0.269. The largest absolute Gasteiger partial charge is 0.456 e. The summed E-state index contributed by atoms with van der Waals surface area (Å²) in [7, 11) is 0. The number of nitrogens with two attached hydrogens (primary N) is 2. The zero-order chi connectivity index (χ0) is 31.3. The number of amides is 1. The summed E-state index contributed by atoms with van der Waals surface area (Å²) < 4.78 is 81.4. The maximum Gasteiger partial charge on any atom is 0.417 e. The maximum atomic E-state index is 12.9. The van der Waals surface area contributed by atoms with E-state index in [2.05, 4.69) is 21.0 Å². The monoisotopic (exact) mass is 690 g/mol. The van der Waals surface area contributed by atoms with Crippen molar-refractivity contribution in [1.82, 2.24) is 14.5 Å². The fourth-order valence-electron chi connectivity index (χ4n) is 3.55. The summed E-state index contributed by atoms with van der Waals surface area (Å²) in [5.74, 6) is -0.348. The highest BCUT2D eigenvalue weighted by atomic mass is 35.5. The predicted octanol–water partition coefficient (Wildman–Crippen LogP) is 6.62. The van der Waals surface area contributed by atoms with Crippen molar-refractivity contribution in [2.24, 2.45) is 11.5 Å². The first kappa shape index (κ1) is 38.5. The molecule has 1 amide bonds. The number of fused-ring (bicyclic) bond motifs is 1. The standard InChI is InChI=1S/C21H17ClF3N5O.C5H8F3NO2.2ClH/c22-16-11-14(29-20-19-17(27-12-28-20)6-8-30(19)9-7-26)4-5-18(16)31-15-3-1-2-13(10-15)21(23,24)25;1-4(11,2-3(9)10)5(6,7)8;;/h1-6,8,10-12H,7,9,26H2,(H,27,28,29);11H,2H2,1H3,(H2,9,10);2*1H. The van der Waals surface area contributed by atoms with Crippen molar-refractivity contribution in [1.29, 1.82) is 0 Å². The number of halogens is 9. The van der Waals surface area contributed by atoms with Crippen molar-refractivity contribution >= 4 is 64.9 Å².